The summed E-state index contributed by atoms with van der Waals surface area (Å²) in [5.74, 6) is 1.41. The number of benzene rings is 2. The molecule has 0 fully saturated rings. The lowest BCUT2D eigenvalue weighted by Crippen LogP contribution is -1.87. The number of rotatable bonds is 4. The van der Waals surface area contributed by atoms with Crippen molar-refractivity contribution in [2.45, 2.75) is 0 Å². The number of hydrogen-bond acceptors (Lipinski definition) is 4. The molecule has 0 heterocycles. The molecule has 0 aliphatic carbocycles. The van der Waals surface area contributed by atoms with Gasteiger partial charge in [0.1, 0.15) is 17.2 Å². The Morgan fingerprint density at radius 2 is 1.70 bits per heavy atom. The molecule has 0 aliphatic heterocycles. The van der Waals surface area contributed by atoms with Gasteiger partial charge in [0, 0.05) is 35.0 Å². The van der Waals surface area contributed by atoms with Gasteiger partial charge in [0.2, 0.25) is 0 Å². The number of methoxy groups -OCH3 is 2. The Labute approximate surface area is 122 Å². The number of ether oxygens (including phenoxy) is 2. The van der Waals surface area contributed by atoms with Crippen molar-refractivity contribution in [1.29, 1.82) is 0 Å². The first-order valence-electron chi connectivity index (χ1n) is 5.88. The van der Waals surface area contributed by atoms with Crippen LogP contribution in [-0.4, -0.2) is 25.5 Å². The molecule has 104 valence electrons. The monoisotopic (exact) mass is 291 g/mol. The predicted molar refractivity (Wildman–Crippen MR) is 79.9 cm³/mol. The molecule has 0 spiro atoms. The van der Waals surface area contributed by atoms with Gasteiger partial charge >= 0.3 is 0 Å². The molecule has 0 saturated heterocycles. The summed E-state index contributed by atoms with van der Waals surface area (Å²) < 4.78 is 10.3. The van der Waals surface area contributed by atoms with Gasteiger partial charge in [-0.25, -0.2) is 0 Å². The summed E-state index contributed by atoms with van der Waals surface area (Å²) in [4.78, 5) is 4.29. The second-order valence-corrected chi connectivity index (χ2v) is 4.47. The molecule has 0 unspecified atom stereocenters. The highest BCUT2D eigenvalue weighted by atomic mass is 35.5. The van der Waals surface area contributed by atoms with Gasteiger partial charge < -0.3 is 14.6 Å². The second-order valence-electron chi connectivity index (χ2n) is 4.03. The van der Waals surface area contributed by atoms with E-state index in [0.717, 1.165) is 0 Å². The van der Waals surface area contributed by atoms with Crippen molar-refractivity contribution in [3.8, 4) is 17.2 Å². The van der Waals surface area contributed by atoms with Crippen LogP contribution in [0.15, 0.2) is 41.4 Å². The van der Waals surface area contributed by atoms with Gasteiger partial charge in [0.15, 0.2) is 0 Å². The molecule has 0 aliphatic rings. The van der Waals surface area contributed by atoms with Gasteiger partial charge in [-0.3, -0.25) is 4.99 Å². The van der Waals surface area contributed by atoms with E-state index in [1.165, 1.54) is 12.3 Å². The van der Waals surface area contributed by atoms with Crippen molar-refractivity contribution in [3.05, 3.63) is 47.0 Å². The molecule has 2 aromatic carbocycles. The van der Waals surface area contributed by atoms with Gasteiger partial charge in [0.25, 0.3) is 0 Å². The minimum absolute atomic E-state index is 0.119. The molecular formula is C15H14ClNO3. The van der Waals surface area contributed by atoms with Crippen LogP contribution in [0.2, 0.25) is 5.02 Å². The van der Waals surface area contributed by atoms with Crippen LogP contribution in [0, 0.1) is 0 Å². The smallest absolute Gasteiger partial charge is 0.124 e. The summed E-state index contributed by atoms with van der Waals surface area (Å²) in [6, 6.07) is 10.1. The van der Waals surface area contributed by atoms with Crippen LogP contribution in [0.5, 0.6) is 17.2 Å². The van der Waals surface area contributed by atoms with Crippen molar-refractivity contribution in [3.63, 3.8) is 0 Å². The maximum atomic E-state index is 9.72. The SMILES string of the molecule is COc1cc(N=Cc2cc(Cl)ccc2O)cc(OC)c1. The van der Waals surface area contributed by atoms with E-state index in [-0.39, 0.29) is 5.75 Å². The number of phenols is 1. The Morgan fingerprint density at radius 1 is 1.05 bits per heavy atom. The van der Waals surface area contributed by atoms with E-state index in [2.05, 4.69) is 4.99 Å². The van der Waals surface area contributed by atoms with Crippen molar-refractivity contribution in [1.82, 2.24) is 0 Å². The fourth-order valence-corrected chi connectivity index (χ4v) is 1.82. The van der Waals surface area contributed by atoms with Crippen LogP contribution < -0.4 is 9.47 Å². The quantitative estimate of drug-likeness (QED) is 0.871. The van der Waals surface area contributed by atoms with Crippen molar-refractivity contribution in [2.75, 3.05) is 14.2 Å². The van der Waals surface area contributed by atoms with Crippen LogP contribution in [0.25, 0.3) is 0 Å². The first kappa shape index (κ1) is 14.2. The molecule has 1 N–H and O–H groups in total. The summed E-state index contributed by atoms with van der Waals surface area (Å²) in [7, 11) is 3.15. The van der Waals surface area contributed by atoms with Crippen LogP contribution in [0.3, 0.4) is 0 Å². The van der Waals surface area contributed by atoms with Crippen LogP contribution in [0.4, 0.5) is 5.69 Å². The number of aliphatic imine (C=N–C) groups is 1. The maximum absolute atomic E-state index is 9.72. The fraction of sp³-hybridized carbons (Fsp3) is 0.133. The lowest BCUT2D eigenvalue weighted by molar-refractivity contribution is 0.394. The molecular weight excluding hydrogens is 278 g/mol. The Bertz CT molecular complexity index is 619. The minimum atomic E-state index is 0.119. The third-order valence-corrected chi connectivity index (χ3v) is 2.91. The highest BCUT2D eigenvalue weighted by molar-refractivity contribution is 6.30. The van der Waals surface area contributed by atoms with Gasteiger partial charge in [-0.15, -0.1) is 0 Å². The number of aromatic hydroxyl groups is 1. The zero-order chi connectivity index (χ0) is 14.5. The average Bonchev–Trinajstić information content (AvgIpc) is 2.47. The highest BCUT2D eigenvalue weighted by Crippen LogP contribution is 2.28. The molecule has 0 amide bonds. The van der Waals surface area contributed by atoms with Crippen LogP contribution in [-0.2, 0) is 0 Å². The van der Waals surface area contributed by atoms with E-state index in [9.17, 15) is 5.11 Å². The normalized spacial score (nSPS) is 10.8. The van der Waals surface area contributed by atoms with E-state index >= 15 is 0 Å². The molecule has 0 radical (unpaired) electrons. The molecule has 2 aromatic rings. The molecule has 20 heavy (non-hydrogen) atoms. The van der Waals surface area contributed by atoms with Crippen molar-refractivity contribution < 1.29 is 14.6 Å². The third kappa shape index (κ3) is 3.42. The Hall–Kier alpha value is -2.20. The Balaban J connectivity index is 2.33. The Kier molecular flexibility index (Phi) is 4.48. The van der Waals surface area contributed by atoms with Gasteiger partial charge in [-0.1, -0.05) is 11.6 Å². The molecule has 4 nitrogen and oxygen atoms in total. The lowest BCUT2D eigenvalue weighted by Gasteiger charge is -2.05. The molecule has 0 saturated carbocycles. The van der Waals surface area contributed by atoms with Gasteiger partial charge in [0.05, 0.1) is 19.9 Å². The number of phenolic OH excluding ortho intramolecular Hbond substituents is 1. The summed E-state index contributed by atoms with van der Waals surface area (Å²) >= 11 is 5.88. The first-order valence-corrected chi connectivity index (χ1v) is 6.26. The molecule has 5 heteroatoms. The van der Waals surface area contributed by atoms with E-state index in [4.69, 9.17) is 21.1 Å². The number of hydrogen-bond donors (Lipinski definition) is 1. The largest absolute Gasteiger partial charge is 0.507 e. The summed E-state index contributed by atoms with van der Waals surface area (Å²) in [6.07, 6.45) is 1.54. The standard InChI is InChI=1S/C15H14ClNO3/c1-19-13-6-12(7-14(8-13)20-2)17-9-10-5-11(16)3-4-15(10)18/h3-9,18H,1-2H3. The average molecular weight is 292 g/mol. The minimum Gasteiger partial charge on any atom is -0.507 e. The van der Waals surface area contributed by atoms with Crippen LogP contribution >= 0.6 is 11.6 Å². The third-order valence-electron chi connectivity index (χ3n) is 2.68. The van der Waals surface area contributed by atoms with E-state index in [1.807, 2.05) is 0 Å². The van der Waals surface area contributed by atoms with Crippen molar-refractivity contribution >= 4 is 23.5 Å². The molecule has 2 rings (SSSR count). The van der Waals surface area contributed by atoms with Gasteiger partial charge in [-0.2, -0.15) is 0 Å². The topological polar surface area (TPSA) is 51.0 Å². The molecule has 0 aromatic heterocycles. The summed E-state index contributed by atoms with van der Waals surface area (Å²) in [5.41, 5.74) is 1.19. The molecule has 0 bridgehead atoms. The summed E-state index contributed by atoms with van der Waals surface area (Å²) in [5, 5.41) is 10.2. The number of nitrogens with zero attached hydrogens (tertiary/aromatic N) is 1. The second kappa shape index (κ2) is 6.30. The number of halogens is 1. The lowest BCUT2D eigenvalue weighted by atomic mass is 10.2. The van der Waals surface area contributed by atoms with Gasteiger partial charge in [-0.05, 0) is 18.2 Å². The highest BCUT2D eigenvalue weighted by Gasteiger charge is 2.02. The zero-order valence-corrected chi connectivity index (χ0v) is 11.9. The Morgan fingerprint density at radius 3 is 2.30 bits per heavy atom. The van der Waals surface area contributed by atoms with E-state index in [0.29, 0.717) is 27.8 Å². The van der Waals surface area contributed by atoms with Crippen molar-refractivity contribution in [2.24, 2.45) is 4.99 Å². The maximum Gasteiger partial charge on any atom is 0.124 e. The fourth-order valence-electron chi connectivity index (χ4n) is 1.64. The zero-order valence-electron chi connectivity index (χ0n) is 11.1. The van der Waals surface area contributed by atoms with E-state index < -0.39 is 0 Å². The summed E-state index contributed by atoms with van der Waals surface area (Å²) in [6.45, 7) is 0. The first-order chi connectivity index (χ1) is 9.62. The van der Waals surface area contributed by atoms with E-state index in [1.54, 1.807) is 44.6 Å². The van der Waals surface area contributed by atoms with Crippen LogP contribution in [0.1, 0.15) is 5.56 Å². The predicted octanol–water partition coefficient (Wildman–Crippen LogP) is 3.81. The molecule has 0 atom stereocenters.